The van der Waals surface area contributed by atoms with E-state index in [0.29, 0.717) is 6.54 Å². The number of nitrogens with zero attached hydrogens (tertiary/aromatic N) is 5. The number of aromatic nitrogens is 3. The van der Waals surface area contributed by atoms with Gasteiger partial charge in [0.05, 0.1) is 6.61 Å². The molecule has 0 aliphatic carbocycles. The zero-order valence-electron chi connectivity index (χ0n) is 19.6. The van der Waals surface area contributed by atoms with Crippen molar-refractivity contribution in [3.05, 3.63) is 63.4 Å². The van der Waals surface area contributed by atoms with E-state index in [-0.39, 0.29) is 11.2 Å². The number of ether oxygens (including phenoxy) is 1. The number of hydrogen-bond donors (Lipinski definition) is 0. The van der Waals surface area contributed by atoms with Crippen molar-refractivity contribution >= 4 is 16.5 Å². The average molecular weight is 452 g/mol. The first kappa shape index (κ1) is 23.0. The highest BCUT2D eigenvalue weighted by Gasteiger charge is 2.19. The van der Waals surface area contributed by atoms with Crippen molar-refractivity contribution in [2.24, 2.45) is 7.05 Å². The minimum absolute atomic E-state index is 0.353. The highest BCUT2D eigenvalue weighted by atomic mass is 16.5. The van der Waals surface area contributed by atoms with Gasteiger partial charge in [0.1, 0.15) is 11.9 Å². The van der Waals surface area contributed by atoms with Gasteiger partial charge in [0.2, 0.25) is 0 Å². The summed E-state index contributed by atoms with van der Waals surface area (Å²) in [6.07, 6.45) is 4.04. The Morgan fingerprint density at radius 3 is 2.55 bits per heavy atom. The summed E-state index contributed by atoms with van der Waals surface area (Å²) in [7, 11) is 1.48. The molecule has 33 heavy (non-hydrogen) atoms. The van der Waals surface area contributed by atoms with Crippen molar-refractivity contribution in [2.75, 3.05) is 44.2 Å². The average Bonchev–Trinajstić information content (AvgIpc) is 2.85. The predicted molar refractivity (Wildman–Crippen MR) is 131 cm³/mol. The molecule has 0 bridgehead atoms. The van der Waals surface area contributed by atoms with Crippen LogP contribution in [0.5, 0.6) is 5.75 Å². The Morgan fingerprint density at radius 2 is 1.76 bits per heavy atom. The van der Waals surface area contributed by atoms with Crippen LogP contribution >= 0.6 is 0 Å². The Morgan fingerprint density at radius 1 is 1.00 bits per heavy atom. The van der Waals surface area contributed by atoms with Crippen molar-refractivity contribution < 1.29 is 4.74 Å². The highest BCUT2D eigenvalue weighted by molar-refractivity contribution is 5.95. The van der Waals surface area contributed by atoms with Crippen molar-refractivity contribution in [2.45, 2.75) is 32.7 Å². The normalized spacial score (nSPS) is 14.7. The first-order valence-corrected chi connectivity index (χ1v) is 11.8. The zero-order valence-corrected chi connectivity index (χ0v) is 19.6. The molecule has 8 nitrogen and oxygen atoms in total. The third kappa shape index (κ3) is 5.45. The van der Waals surface area contributed by atoms with Crippen LogP contribution in [-0.2, 0) is 13.6 Å². The van der Waals surface area contributed by atoms with Crippen LogP contribution in [0, 0.1) is 0 Å². The molecule has 0 radical (unpaired) electrons. The molecule has 1 saturated heterocycles. The molecule has 3 aromatic rings. The summed E-state index contributed by atoms with van der Waals surface area (Å²) in [5, 5.41) is 6.44. The van der Waals surface area contributed by atoms with E-state index in [4.69, 9.17) is 4.74 Å². The van der Waals surface area contributed by atoms with Gasteiger partial charge >= 0.3 is 5.69 Å². The number of unbranched alkanes of at least 4 members (excludes halogenated alkanes) is 1. The SMILES string of the molecule is CCCOc1cc(N2CCN(CCCCn3ncc(=O)n(C)c3=O)CC2)c2ccccc2c1. The topological polar surface area (TPSA) is 72.6 Å². The fourth-order valence-corrected chi connectivity index (χ4v) is 4.31. The molecule has 0 unspecified atom stereocenters. The second-order valence-electron chi connectivity index (χ2n) is 8.60. The van der Waals surface area contributed by atoms with Gasteiger partial charge in [-0.05, 0) is 37.3 Å². The third-order valence-corrected chi connectivity index (χ3v) is 6.24. The monoisotopic (exact) mass is 451 g/mol. The maximum absolute atomic E-state index is 12.1. The first-order chi connectivity index (χ1) is 16.1. The Balaban J connectivity index is 1.32. The van der Waals surface area contributed by atoms with E-state index in [0.717, 1.165) is 68.9 Å². The summed E-state index contributed by atoms with van der Waals surface area (Å²) in [6, 6.07) is 12.8. The van der Waals surface area contributed by atoms with E-state index in [9.17, 15) is 9.59 Å². The van der Waals surface area contributed by atoms with Gasteiger partial charge < -0.3 is 9.64 Å². The number of benzene rings is 2. The quantitative estimate of drug-likeness (QED) is 0.466. The molecule has 2 heterocycles. The van der Waals surface area contributed by atoms with Crippen LogP contribution in [0.1, 0.15) is 26.2 Å². The number of fused-ring (bicyclic) bond motifs is 1. The van der Waals surface area contributed by atoms with Gasteiger partial charge in [-0.3, -0.25) is 14.3 Å². The molecule has 2 aromatic carbocycles. The van der Waals surface area contributed by atoms with Crippen molar-refractivity contribution in [1.82, 2.24) is 19.2 Å². The van der Waals surface area contributed by atoms with Crippen molar-refractivity contribution in [1.29, 1.82) is 0 Å². The van der Waals surface area contributed by atoms with E-state index in [1.54, 1.807) is 0 Å². The van der Waals surface area contributed by atoms with Crippen LogP contribution < -0.4 is 20.9 Å². The zero-order chi connectivity index (χ0) is 23.2. The number of aryl methyl sites for hydroxylation is 1. The molecule has 1 aromatic heterocycles. The lowest BCUT2D eigenvalue weighted by Crippen LogP contribution is -2.46. The molecule has 0 saturated carbocycles. The Bertz CT molecular complexity index is 1190. The van der Waals surface area contributed by atoms with Crippen LogP contribution in [0.25, 0.3) is 10.8 Å². The first-order valence-electron chi connectivity index (χ1n) is 11.8. The fraction of sp³-hybridized carbons (Fsp3) is 0.480. The largest absolute Gasteiger partial charge is 0.494 e. The lowest BCUT2D eigenvalue weighted by Gasteiger charge is -2.36. The van der Waals surface area contributed by atoms with Crippen molar-refractivity contribution in [3.63, 3.8) is 0 Å². The van der Waals surface area contributed by atoms with Gasteiger partial charge in [-0.25, -0.2) is 9.48 Å². The maximum Gasteiger partial charge on any atom is 0.347 e. The summed E-state index contributed by atoms with van der Waals surface area (Å²) in [5.74, 6) is 0.940. The van der Waals surface area contributed by atoms with Gasteiger partial charge in [0.15, 0.2) is 0 Å². The molecule has 176 valence electrons. The van der Waals surface area contributed by atoms with Crippen LogP contribution in [0.15, 0.2) is 52.2 Å². The molecule has 0 amide bonds. The van der Waals surface area contributed by atoms with Gasteiger partial charge in [0.25, 0.3) is 5.56 Å². The standard InChI is InChI=1S/C25H33N5O3/c1-3-16-33-21-17-20-8-4-5-9-22(20)23(18-21)29-14-12-28(13-15-29)10-6-7-11-30-25(32)27(2)24(31)19-26-30/h4-5,8-9,17-19H,3,6-7,10-16H2,1-2H3. The summed E-state index contributed by atoms with van der Waals surface area (Å²) < 4.78 is 8.42. The van der Waals surface area contributed by atoms with Crippen LogP contribution in [0.4, 0.5) is 5.69 Å². The minimum atomic E-state index is -0.371. The summed E-state index contributed by atoms with van der Waals surface area (Å²) >= 11 is 0. The van der Waals surface area contributed by atoms with Gasteiger partial charge in [-0.2, -0.15) is 5.10 Å². The molecule has 1 aliphatic heterocycles. The Hall–Kier alpha value is -3.13. The van der Waals surface area contributed by atoms with Gasteiger partial charge in [0, 0.05) is 56.9 Å². The smallest absolute Gasteiger partial charge is 0.347 e. The highest BCUT2D eigenvalue weighted by Crippen LogP contribution is 2.32. The molecule has 1 aliphatic rings. The lowest BCUT2D eigenvalue weighted by atomic mass is 10.1. The fourth-order valence-electron chi connectivity index (χ4n) is 4.31. The lowest BCUT2D eigenvalue weighted by molar-refractivity contribution is 0.250. The molecule has 0 spiro atoms. The van der Waals surface area contributed by atoms with Gasteiger partial charge in [-0.1, -0.05) is 31.2 Å². The van der Waals surface area contributed by atoms with E-state index < -0.39 is 0 Å². The van der Waals surface area contributed by atoms with E-state index in [1.165, 1.54) is 34.4 Å². The predicted octanol–water partition coefficient (Wildman–Crippen LogP) is 2.49. The molecule has 0 N–H and O–H groups in total. The Kier molecular flexibility index (Phi) is 7.44. The molecule has 4 rings (SSSR count). The third-order valence-electron chi connectivity index (χ3n) is 6.24. The summed E-state index contributed by atoms with van der Waals surface area (Å²) in [6.45, 7) is 8.34. The molecule has 1 fully saturated rings. The number of rotatable bonds is 9. The minimum Gasteiger partial charge on any atom is -0.494 e. The second-order valence-corrected chi connectivity index (χ2v) is 8.60. The van der Waals surface area contributed by atoms with Crippen LogP contribution in [-0.4, -0.2) is 58.6 Å². The van der Waals surface area contributed by atoms with Gasteiger partial charge in [-0.15, -0.1) is 0 Å². The van der Waals surface area contributed by atoms with E-state index in [2.05, 4.69) is 58.2 Å². The molecular weight excluding hydrogens is 418 g/mol. The number of anilines is 1. The summed E-state index contributed by atoms with van der Waals surface area (Å²) in [4.78, 5) is 28.5. The molecular formula is C25H33N5O3. The van der Waals surface area contributed by atoms with E-state index in [1.807, 2.05) is 0 Å². The maximum atomic E-state index is 12.1. The Labute approximate surface area is 194 Å². The van der Waals surface area contributed by atoms with Crippen LogP contribution in [0.2, 0.25) is 0 Å². The molecule has 0 atom stereocenters. The van der Waals surface area contributed by atoms with Crippen LogP contribution in [0.3, 0.4) is 0 Å². The number of piperazine rings is 1. The second kappa shape index (κ2) is 10.7. The van der Waals surface area contributed by atoms with E-state index >= 15 is 0 Å². The summed E-state index contributed by atoms with van der Waals surface area (Å²) in [5.41, 5.74) is 0.525. The molecule has 8 heteroatoms. The van der Waals surface area contributed by atoms with Crippen molar-refractivity contribution in [3.8, 4) is 5.75 Å². The number of hydrogen-bond acceptors (Lipinski definition) is 6.